The smallest absolute Gasteiger partial charge is 0.229 e. The van der Waals surface area contributed by atoms with Crippen LogP contribution >= 0.6 is 0 Å². The first-order chi connectivity index (χ1) is 17.9. The Hall–Kier alpha value is -3.45. The van der Waals surface area contributed by atoms with Crippen molar-refractivity contribution in [1.82, 2.24) is 19.5 Å². The van der Waals surface area contributed by atoms with Crippen LogP contribution < -0.4 is 16.0 Å². The van der Waals surface area contributed by atoms with Crippen LogP contribution in [-0.4, -0.2) is 56.5 Å². The van der Waals surface area contributed by atoms with E-state index >= 15 is 0 Å². The zero-order valence-electron chi connectivity index (χ0n) is 20.0. The summed E-state index contributed by atoms with van der Waals surface area (Å²) in [6.45, 7) is 0.825. The number of ether oxygens (including phenoxy) is 1. The summed E-state index contributed by atoms with van der Waals surface area (Å²) in [6.07, 6.45) is 5.11. The average molecular weight is 520 g/mol. The van der Waals surface area contributed by atoms with E-state index in [0.717, 1.165) is 0 Å². The molecule has 1 aliphatic heterocycles. The summed E-state index contributed by atoms with van der Waals surface area (Å²) in [5, 5.41) is 12.8. The number of fused-ring (bicyclic) bond motifs is 1. The number of aliphatic hydroxyl groups is 1. The maximum absolute atomic E-state index is 14.5. The Morgan fingerprint density at radius 1 is 1.11 bits per heavy atom. The van der Waals surface area contributed by atoms with E-state index in [9.17, 15) is 23.1 Å². The van der Waals surface area contributed by atoms with Gasteiger partial charge in [-0.05, 0) is 38.5 Å². The van der Waals surface area contributed by atoms with E-state index in [-0.39, 0.29) is 36.6 Å². The lowest BCUT2D eigenvalue weighted by molar-refractivity contribution is -0.122. The molecule has 2 aromatic heterocycles. The van der Waals surface area contributed by atoms with Gasteiger partial charge >= 0.3 is 0 Å². The summed E-state index contributed by atoms with van der Waals surface area (Å²) >= 11 is 0. The monoisotopic (exact) mass is 519 g/mol. The highest BCUT2D eigenvalue weighted by Crippen LogP contribution is 2.38. The van der Waals surface area contributed by atoms with Gasteiger partial charge in [-0.25, -0.2) is 23.1 Å². The standard InChI is InChI=1S/C24H28F3N7O3/c25-14-9-17(26)20(18(27)10-14)31-24-30-19-11-29-23(33(12-35)15-5-7-37-8-6-15)32-22(19)34(24)16-3-1-13(2-4-16)21(28)36/h9-11,13,15-16,35H,1-8,12H2,(H2,28,36)(H,30,31). The highest BCUT2D eigenvalue weighted by atomic mass is 19.1. The normalized spacial score (nSPS) is 20.8. The highest BCUT2D eigenvalue weighted by Gasteiger charge is 2.31. The molecule has 1 saturated carbocycles. The van der Waals surface area contributed by atoms with E-state index < -0.39 is 23.1 Å². The summed E-state index contributed by atoms with van der Waals surface area (Å²) < 4.78 is 49.6. The number of nitrogens with zero attached hydrogens (tertiary/aromatic N) is 5. The number of benzene rings is 1. The van der Waals surface area contributed by atoms with Crippen LogP contribution in [0.3, 0.4) is 0 Å². The molecule has 3 aromatic rings. The van der Waals surface area contributed by atoms with E-state index in [1.54, 1.807) is 9.47 Å². The minimum absolute atomic E-state index is 0.0152. The Morgan fingerprint density at radius 3 is 2.41 bits per heavy atom. The number of aromatic nitrogens is 4. The fourth-order valence-electron chi connectivity index (χ4n) is 5.19. The molecule has 4 N–H and O–H groups in total. The molecular formula is C24H28F3N7O3. The van der Waals surface area contributed by atoms with Gasteiger partial charge in [-0.1, -0.05) is 0 Å². The van der Waals surface area contributed by atoms with Crippen LogP contribution in [0.2, 0.25) is 0 Å². The van der Waals surface area contributed by atoms with Gasteiger partial charge in [-0.3, -0.25) is 9.36 Å². The molecule has 0 spiro atoms. The molecule has 2 fully saturated rings. The second-order valence-electron chi connectivity index (χ2n) is 9.42. The fraction of sp³-hybridized carbons (Fsp3) is 0.500. The summed E-state index contributed by atoms with van der Waals surface area (Å²) in [5.74, 6) is -3.46. The zero-order chi connectivity index (χ0) is 26.1. The van der Waals surface area contributed by atoms with Gasteiger partial charge in [0.25, 0.3) is 0 Å². The lowest BCUT2D eigenvalue weighted by Gasteiger charge is -2.33. The maximum atomic E-state index is 14.5. The molecule has 1 saturated heterocycles. The molecule has 0 atom stereocenters. The Balaban J connectivity index is 1.57. The Morgan fingerprint density at radius 2 is 1.78 bits per heavy atom. The lowest BCUT2D eigenvalue weighted by atomic mass is 9.85. The first-order valence-corrected chi connectivity index (χ1v) is 12.3. The number of amides is 1. The molecule has 1 amide bonds. The molecule has 5 rings (SSSR count). The van der Waals surface area contributed by atoms with Crippen LogP contribution in [0.15, 0.2) is 18.3 Å². The van der Waals surface area contributed by atoms with Crippen molar-refractivity contribution in [1.29, 1.82) is 0 Å². The predicted molar refractivity (Wildman–Crippen MR) is 129 cm³/mol. The quantitative estimate of drug-likeness (QED) is 0.406. The number of anilines is 3. The minimum Gasteiger partial charge on any atom is -0.381 e. The number of halogens is 3. The second-order valence-corrected chi connectivity index (χ2v) is 9.42. The van der Waals surface area contributed by atoms with Gasteiger partial charge in [0.2, 0.25) is 17.8 Å². The Kier molecular flexibility index (Phi) is 7.15. The van der Waals surface area contributed by atoms with Gasteiger partial charge in [-0.15, -0.1) is 0 Å². The number of rotatable bonds is 7. The van der Waals surface area contributed by atoms with Crippen LogP contribution in [0.4, 0.5) is 30.8 Å². The molecule has 37 heavy (non-hydrogen) atoms. The first-order valence-electron chi connectivity index (χ1n) is 12.3. The van der Waals surface area contributed by atoms with Crippen molar-refractivity contribution in [2.45, 2.75) is 50.6 Å². The van der Waals surface area contributed by atoms with E-state index in [1.807, 2.05) is 0 Å². The highest BCUT2D eigenvalue weighted by molar-refractivity contribution is 5.78. The van der Waals surface area contributed by atoms with Crippen molar-refractivity contribution < 1.29 is 27.8 Å². The van der Waals surface area contributed by atoms with Crippen LogP contribution in [0.5, 0.6) is 0 Å². The van der Waals surface area contributed by atoms with Gasteiger partial charge in [0.05, 0.1) is 6.20 Å². The second kappa shape index (κ2) is 10.5. The number of aliphatic hydroxyl groups excluding tert-OH is 1. The van der Waals surface area contributed by atoms with Crippen LogP contribution in [0, 0.1) is 23.4 Å². The molecule has 198 valence electrons. The molecule has 13 heteroatoms. The van der Waals surface area contributed by atoms with Crippen LogP contribution in [0.1, 0.15) is 44.6 Å². The zero-order valence-corrected chi connectivity index (χ0v) is 20.0. The van der Waals surface area contributed by atoms with Gasteiger partial charge in [0.15, 0.2) is 17.3 Å². The van der Waals surface area contributed by atoms with Crippen molar-refractivity contribution in [3.8, 4) is 0 Å². The van der Waals surface area contributed by atoms with Gasteiger partial charge < -0.3 is 25.8 Å². The number of imidazole rings is 1. The number of primary amides is 1. The fourth-order valence-corrected chi connectivity index (χ4v) is 5.19. The van der Waals surface area contributed by atoms with E-state index in [0.29, 0.717) is 81.0 Å². The molecule has 0 bridgehead atoms. The number of hydrogen-bond acceptors (Lipinski definition) is 8. The Bertz CT molecular complexity index is 1270. The van der Waals surface area contributed by atoms with E-state index in [1.165, 1.54) is 6.20 Å². The van der Waals surface area contributed by atoms with Gasteiger partial charge in [0, 0.05) is 43.3 Å². The topological polar surface area (TPSA) is 131 Å². The van der Waals surface area contributed by atoms with Gasteiger partial charge in [-0.2, -0.15) is 4.98 Å². The number of nitrogens with one attached hydrogen (secondary N) is 1. The number of carbonyl (C=O) groups excluding carboxylic acids is 1. The molecular weight excluding hydrogens is 491 g/mol. The van der Waals surface area contributed by atoms with Gasteiger partial charge in [0.1, 0.15) is 23.8 Å². The molecule has 3 heterocycles. The van der Waals surface area contributed by atoms with Crippen molar-refractivity contribution >= 4 is 34.7 Å². The molecule has 0 radical (unpaired) electrons. The van der Waals surface area contributed by atoms with Crippen molar-refractivity contribution in [3.63, 3.8) is 0 Å². The SMILES string of the molecule is NC(=O)C1CCC(n2c(Nc3c(F)cc(F)cc3F)nc3cnc(N(CO)C4CCOCC4)nc32)CC1. The average Bonchev–Trinajstić information content (AvgIpc) is 3.24. The Labute approximate surface area is 210 Å². The van der Waals surface area contributed by atoms with Crippen molar-refractivity contribution in [2.24, 2.45) is 11.7 Å². The first kappa shape index (κ1) is 25.2. The minimum atomic E-state index is -1.11. The van der Waals surface area contributed by atoms with Crippen molar-refractivity contribution in [3.05, 3.63) is 35.8 Å². The summed E-state index contributed by atoms with van der Waals surface area (Å²) in [6, 6.07) is 0.949. The summed E-state index contributed by atoms with van der Waals surface area (Å²) in [5.41, 5.74) is 5.73. The molecule has 2 aliphatic rings. The predicted octanol–water partition coefficient (Wildman–Crippen LogP) is 3.14. The number of carbonyl (C=O) groups is 1. The third-order valence-electron chi connectivity index (χ3n) is 7.17. The van der Waals surface area contributed by atoms with Crippen molar-refractivity contribution in [2.75, 3.05) is 30.2 Å². The number of nitrogens with two attached hydrogens (primary N) is 1. The molecule has 1 aliphatic carbocycles. The molecule has 1 aromatic carbocycles. The lowest BCUT2D eigenvalue weighted by Crippen LogP contribution is -2.41. The van der Waals surface area contributed by atoms with Crippen LogP contribution in [0.25, 0.3) is 11.2 Å². The summed E-state index contributed by atoms with van der Waals surface area (Å²) in [4.78, 5) is 27.0. The maximum Gasteiger partial charge on any atom is 0.229 e. The third-order valence-corrected chi connectivity index (χ3v) is 7.17. The molecule has 10 nitrogen and oxygen atoms in total. The molecule has 0 unspecified atom stereocenters. The summed E-state index contributed by atoms with van der Waals surface area (Å²) in [7, 11) is 0. The van der Waals surface area contributed by atoms with Crippen LogP contribution in [-0.2, 0) is 9.53 Å². The largest absolute Gasteiger partial charge is 0.381 e. The number of hydrogen-bond donors (Lipinski definition) is 3. The van der Waals surface area contributed by atoms with E-state index in [2.05, 4.69) is 15.3 Å². The third kappa shape index (κ3) is 5.05. The van der Waals surface area contributed by atoms with E-state index in [4.69, 9.17) is 15.5 Å².